The van der Waals surface area contributed by atoms with Gasteiger partial charge in [-0.25, -0.2) is 8.78 Å². The van der Waals surface area contributed by atoms with Crippen LogP contribution in [0.25, 0.3) is 10.4 Å². The maximum Gasteiger partial charge on any atom is 0.312 e. The molecule has 1 fully saturated rings. The second-order valence-corrected chi connectivity index (χ2v) is 5.31. The normalized spacial score (nSPS) is 30.6. The number of nitrogens with zero attached hydrogens (tertiary/aromatic N) is 6. The fourth-order valence-corrected chi connectivity index (χ4v) is 2.52. The highest BCUT2D eigenvalue weighted by molar-refractivity contribution is 5.35. The van der Waals surface area contributed by atoms with Crippen LogP contribution in [0.5, 0.6) is 0 Å². The average Bonchev–Trinajstić information content (AvgIpc) is 2.78. The Labute approximate surface area is 123 Å². The molecule has 0 aliphatic carbocycles. The highest BCUT2D eigenvalue weighted by atomic mass is 19.3. The number of halogens is 2. The summed E-state index contributed by atoms with van der Waals surface area (Å²) in [6, 6.07) is 0. The van der Waals surface area contributed by atoms with E-state index in [4.69, 9.17) is 10.3 Å². The van der Waals surface area contributed by atoms with Crippen molar-refractivity contribution in [2.24, 2.45) is 12.2 Å². The number of hydrogen-bond donors (Lipinski definition) is 0. The van der Waals surface area contributed by atoms with E-state index in [9.17, 15) is 18.9 Å². The van der Waals surface area contributed by atoms with E-state index in [1.165, 1.54) is 14.0 Å². The molecular formula is C11H14F2N6O3. The highest BCUT2D eigenvalue weighted by Crippen LogP contribution is 2.49. The lowest BCUT2D eigenvalue weighted by atomic mass is 9.82. The van der Waals surface area contributed by atoms with Crippen molar-refractivity contribution in [1.29, 1.82) is 0 Å². The van der Waals surface area contributed by atoms with Gasteiger partial charge in [-0.05, 0) is 19.4 Å². The van der Waals surface area contributed by atoms with Crippen molar-refractivity contribution in [2.75, 3.05) is 0 Å². The quantitative estimate of drug-likeness (QED) is 0.280. The summed E-state index contributed by atoms with van der Waals surface area (Å²) in [5.74, 6) is -3.39. The SMILES string of the molecule is CC1OC(c2c([N+](=O)[O-])cnn2C)CC(F)(F)C1(C)N=[N+]=[N-]. The van der Waals surface area contributed by atoms with Gasteiger partial charge in [0.1, 0.15) is 23.5 Å². The lowest BCUT2D eigenvalue weighted by molar-refractivity contribution is -0.386. The van der Waals surface area contributed by atoms with Gasteiger partial charge in [-0.3, -0.25) is 14.8 Å². The summed E-state index contributed by atoms with van der Waals surface area (Å²) in [5.41, 5.74) is 6.02. The van der Waals surface area contributed by atoms with Crippen LogP contribution >= 0.6 is 0 Å². The predicted octanol–water partition coefficient (Wildman–Crippen LogP) is 2.88. The molecule has 0 N–H and O–H groups in total. The molecular weight excluding hydrogens is 302 g/mol. The van der Waals surface area contributed by atoms with Gasteiger partial charge >= 0.3 is 5.69 Å². The molecule has 1 aromatic heterocycles. The number of alkyl halides is 2. The van der Waals surface area contributed by atoms with E-state index in [0.29, 0.717) is 0 Å². The fourth-order valence-electron chi connectivity index (χ4n) is 2.52. The van der Waals surface area contributed by atoms with Gasteiger partial charge < -0.3 is 4.74 Å². The van der Waals surface area contributed by atoms with Gasteiger partial charge in [0, 0.05) is 18.4 Å². The molecule has 3 unspecified atom stereocenters. The molecule has 0 saturated carbocycles. The van der Waals surface area contributed by atoms with E-state index in [-0.39, 0.29) is 11.4 Å². The van der Waals surface area contributed by atoms with Gasteiger partial charge in [0.15, 0.2) is 0 Å². The average molecular weight is 316 g/mol. The molecule has 1 aliphatic heterocycles. The lowest BCUT2D eigenvalue weighted by Crippen LogP contribution is -2.57. The third kappa shape index (κ3) is 2.28. The van der Waals surface area contributed by atoms with Crippen LogP contribution < -0.4 is 0 Å². The van der Waals surface area contributed by atoms with Crippen molar-refractivity contribution >= 4 is 5.69 Å². The van der Waals surface area contributed by atoms with Crippen LogP contribution in [0, 0.1) is 10.1 Å². The van der Waals surface area contributed by atoms with Crippen molar-refractivity contribution in [3.63, 3.8) is 0 Å². The number of nitro groups is 1. The number of rotatable bonds is 3. The Bertz CT molecular complexity index is 656. The third-order valence-corrected chi connectivity index (χ3v) is 4.06. The minimum atomic E-state index is -3.39. The number of aryl methyl sites for hydroxylation is 1. The summed E-state index contributed by atoms with van der Waals surface area (Å²) in [5, 5.41) is 17.9. The zero-order valence-corrected chi connectivity index (χ0v) is 12.1. The summed E-state index contributed by atoms with van der Waals surface area (Å²) in [6.07, 6.45) is -2.21. The smallest absolute Gasteiger partial charge is 0.312 e. The van der Waals surface area contributed by atoms with E-state index in [1.807, 2.05) is 0 Å². The number of azide groups is 1. The zero-order valence-electron chi connectivity index (χ0n) is 12.1. The molecule has 1 saturated heterocycles. The second-order valence-electron chi connectivity index (χ2n) is 5.31. The standard InChI is InChI=1S/C11H14F2N6O3/c1-6-10(2,16-17-14)11(12,13)4-8(22-6)9-7(19(20)21)5-15-18(9)3/h5-6,8H,4H2,1-3H3. The van der Waals surface area contributed by atoms with Crippen LogP contribution in [0.4, 0.5) is 14.5 Å². The Morgan fingerprint density at radius 3 is 2.82 bits per heavy atom. The Hall–Kier alpha value is -2.26. The molecule has 22 heavy (non-hydrogen) atoms. The van der Waals surface area contributed by atoms with Crippen molar-refractivity contribution in [3.05, 3.63) is 32.4 Å². The van der Waals surface area contributed by atoms with Gasteiger partial charge in [-0.1, -0.05) is 5.11 Å². The Morgan fingerprint density at radius 1 is 1.68 bits per heavy atom. The highest BCUT2D eigenvalue weighted by Gasteiger charge is 2.59. The largest absolute Gasteiger partial charge is 0.368 e. The Balaban J connectivity index is 2.45. The van der Waals surface area contributed by atoms with Crippen molar-refractivity contribution < 1.29 is 18.4 Å². The molecule has 0 radical (unpaired) electrons. The van der Waals surface area contributed by atoms with Gasteiger partial charge in [0.25, 0.3) is 5.92 Å². The van der Waals surface area contributed by atoms with Gasteiger partial charge in [0.2, 0.25) is 0 Å². The Kier molecular flexibility index (Phi) is 3.80. The fraction of sp³-hybridized carbons (Fsp3) is 0.727. The summed E-state index contributed by atoms with van der Waals surface area (Å²) < 4.78 is 35.5. The molecule has 0 spiro atoms. The van der Waals surface area contributed by atoms with Gasteiger partial charge in [-0.2, -0.15) is 5.10 Å². The molecule has 1 aromatic rings. The van der Waals surface area contributed by atoms with Crippen LogP contribution in [-0.4, -0.2) is 32.3 Å². The molecule has 11 heteroatoms. The van der Waals surface area contributed by atoms with Gasteiger partial charge in [-0.15, -0.1) is 0 Å². The third-order valence-electron chi connectivity index (χ3n) is 4.06. The molecule has 1 aliphatic rings. The molecule has 120 valence electrons. The first kappa shape index (κ1) is 16.1. The predicted molar refractivity (Wildman–Crippen MR) is 70.3 cm³/mol. The number of ether oxygens (including phenoxy) is 1. The van der Waals surface area contributed by atoms with Crippen LogP contribution in [0.15, 0.2) is 11.3 Å². The van der Waals surface area contributed by atoms with Gasteiger partial charge in [0.05, 0.1) is 11.0 Å². The summed E-state index contributed by atoms with van der Waals surface area (Å²) >= 11 is 0. The first-order valence-corrected chi connectivity index (χ1v) is 6.40. The Morgan fingerprint density at radius 2 is 2.32 bits per heavy atom. The monoisotopic (exact) mass is 316 g/mol. The second kappa shape index (κ2) is 5.18. The number of aromatic nitrogens is 2. The van der Waals surface area contributed by atoms with Crippen LogP contribution in [0.1, 0.15) is 32.1 Å². The van der Waals surface area contributed by atoms with E-state index >= 15 is 0 Å². The van der Waals surface area contributed by atoms with Crippen LogP contribution in [-0.2, 0) is 11.8 Å². The lowest BCUT2D eigenvalue weighted by Gasteiger charge is -2.45. The minimum absolute atomic E-state index is 0.0421. The van der Waals surface area contributed by atoms with E-state index in [0.717, 1.165) is 17.8 Å². The summed E-state index contributed by atoms with van der Waals surface area (Å²) in [4.78, 5) is 12.8. The van der Waals surface area contributed by atoms with E-state index in [2.05, 4.69) is 15.1 Å². The van der Waals surface area contributed by atoms with E-state index in [1.54, 1.807) is 0 Å². The molecule has 2 rings (SSSR count). The van der Waals surface area contributed by atoms with Crippen LogP contribution in [0.3, 0.4) is 0 Å². The molecule has 0 amide bonds. The number of hydrogen-bond acceptors (Lipinski definition) is 5. The molecule has 0 bridgehead atoms. The maximum absolute atomic E-state index is 14.5. The summed E-state index contributed by atoms with van der Waals surface area (Å²) in [6.45, 7) is 2.45. The minimum Gasteiger partial charge on any atom is -0.368 e. The molecule has 3 atom stereocenters. The zero-order chi connectivity index (χ0) is 16.7. The molecule has 9 nitrogen and oxygen atoms in total. The van der Waals surface area contributed by atoms with E-state index < -0.39 is 35.0 Å². The van der Waals surface area contributed by atoms with Crippen molar-refractivity contribution in [3.8, 4) is 0 Å². The topological polar surface area (TPSA) is 119 Å². The first-order valence-electron chi connectivity index (χ1n) is 6.40. The molecule has 2 heterocycles. The molecule has 0 aromatic carbocycles. The van der Waals surface area contributed by atoms with Crippen molar-refractivity contribution in [1.82, 2.24) is 9.78 Å². The van der Waals surface area contributed by atoms with Crippen LogP contribution in [0.2, 0.25) is 0 Å². The first-order chi connectivity index (χ1) is 10.1. The summed E-state index contributed by atoms with van der Waals surface area (Å²) in [7, 11) is 1.41. The van der Waals surface area contributed by atoms with Crippen molar-refractivity contribution in [2.45, 2.75) is 43.9 Å². The maximum atomic E-state index is 14.5.